The lowest BCUT2D eigenvalue weighted by molar-refractivity contribution is -0.446. The van der Waals surface area contributed by atoms with Gasteiger partial charge in [-0.1, -0.05) is 11.1 Å². The van der Waals surface area contributed by atoms with E-state index in [1.165, 1.54) is 44.8 Å². The van der Waals surface area contributed by atoms with Crippen LogP contribution in [0.5, 0.6) is 0 Å². The van der Waals surface area contributed by atoms with Crippen molar-refractivity contribution in [1.82, 2.24) is 0 Å². The van der Waals surface area contributed by atoms with E-state index < -0.39 is 0 Å². The maximum absolute atomic E-state index is 2.35. The molecule has 23 heavy (non-hydrogen) atoms. The smallest absolute Gasteiger partial charge is 0.132 e. The molecule has 0 unspecified atom stereocenters. The molecule has 0 amide bonds. The van der Waals surface area contributed by atoms with Crippen molar-refractivity contribution in [2.45, 2.75) is 41.5 Å². The molecule has 2 aromatic carbocycles. The summed E-state index contributed by atoms with van der Waals surface area (Å²) in [5.41, 5.74) is 10.6. The minimum Gasteiger partial charge on any atom is -0.132 e. The minimum atomic E-state index is 0.914. The van der Waals surface area contributed by atoms with Crippen molar-refractivity contribution < 1.29 is 9.15 Å². The van der Waals surface area contributed by atoms with Gasteiger partial charge in [-0.2, -0.15) is 0 Å². The quantitative estimate of drug-likeness (QED) is 0.713. The molecule has 1 aliphatic heterocycles. The molecule has 0 saturated heterocycles. The number of nitrogens with zero attached hydrogens (tertiary/aromatic N) is 2. The van der Waals surface area contributed by atoms with E-state index in [1.807, 2.05) is 0 Å². The molecule has 0 radical (unpaired) electrons. The number of rotatable bonds is 2. The Balaban J connectivity index is 2.05. The first-order valence-corrected chi connectivity index (χ1v) is 8.26. The highest BCUT2D eigenvalue weighted by Crippen LogP contribution is 2.28. The molecule has 0 spiro atoms. The van der Waals surface area contributed by atoms with Crippen LogP contribution < -0.4 is 0 Å². The van der Waals surface area contributed by atoms with E-state index >= 15 is 0 Å². The Morgan fingerprint density at radius 2 is 1.09 bits per heavy atom. The van der Waals surface area contributed by atoms with Crippen molar-refractivity contribution in [1.29, 1.82) is 0 Å². The summed E-state index contributed by atoms with van der Waals surface area (Å²) >= 11 is 0. The van der Waals surface area contributed by atoms with Gasteiger partial charge in [0.05, 0.1) is 0 Å². The summed E-state index contributed by atoms with van der Waals surface area (Å²) in [6.45, 7) is 14.0. The summed E-state index contributed by atoms with van der Waals surface area (Å²) in [6, 6.07) is 9.05. The first-order valence-electron chi connectivity index (χ1n) is 8.26. The molecule has 0 aromatic heterocycles. The Kier molecular flexibility index (Phi) is 3.93. The third kappa shape index (κ3) is 2.86. The largest absolute Gasteiger partial charge is 0.413 e. The van der Waals surface area contributed by atoms with Crippen LogP contribution in [0.1, 0.15) is 33.4 Å². The average molecular weight is 306 g/mol. The standard InChI is InChI=1S/C21H26N2/c1-14-9-16(3)20(17(4)10-14)22-7-8-23(13-22)21-18(5)11-15(2)12-19(21)6/h7,9-13H,8H2,1-6H3/q+2. The fourth-order valence-corrected chi connectivity index (χ4v) is 3.92. The third-order valence-electron chi connectivity index (χ3n) is 4.56. The van der Waals surface area contributed by atoms with E-state index in [1.54, 1.807) is 0 Å². The molecule has 1 heterocycles. The molecule has 3 rings (SSSR count). The van der Waals surface area contributed by atoms with Crippen molar-refractivity contribution in [3.05, 3.63) is 57.6 Å². The molecule has 1 aliphatic rings. The van der Waals surface area contributed by atoms with Crippen LogP contribution >= 0.6 is 0 Å². The van der Waals surface area contributed by atoms with Gasteiger partial charge in [0.15, 0.2) is 0 Å². The second-order valence-electron chi connectivity index (χ2n) is 6.85. The maximum Gasteiger partial charge on any atom is 0.413 e. The fraction of sp³-hybridized carbons (Fsp3) is 0.333. The van der Waals surface area contributed by atoms with Crippen LogP contribution in [0.3, 0.4) is 0 Å². The van der Waals surface area contributed by atoms with E-state index in [0.29, 0.717) is 0 Å². The Labute approximate surface area is 139 Å². The van der Waals surface area contributed by atoms with Gasteiger partial charge in [-0.3, -0.25) is 0 Å². The lowest BCUT2D eigenvalue weighted by atomic mass is 10.0. The van der Waals surface area contributed by atoms with Gasteiger partial charge in [-0.05, 0) is 65.8 Å². The van der Waals surface area contributed by atoms with E-state index in [9.17, 15) is 0 Å². The fourth-order valence-electron chi connectivity index (χ4n) is 3.92. The molecule has 0 saturated carbocycles. The van der Waals surface area contributed by atoms with Gasteiger partial charge < -0.3 is 0 Å². The SMILES string of the molecule is Cc1cc(C)c([N+]2=CC[N+](c3c(C)cc(C)cc3C)=C2)c(C)c1. The molecule has 0 fully saturated rings. The summed E-state index contributed by atoms with van der Waals surface area (Å²) in [5, 5.41) is 0. The maximum atomic E-state index is 2.35. The zero-order valence-corrected chi connectivity index (χ0v) is 15.1. The third-order valence-corrected chi connectivity index (χ3v) is 4.56. The molecular weight excluding hydrogens is 280 g/mol. The van der Waals surface area contributed by atoms with Crippen molar-refractivity contribution in [3.8, 4) is 0 Å². The van der Waals surface area contributed by atoms with Gasteiger partial charge in [-0.15, -0.1) is 9.15 Å². The highest BCUT2D eigenvalue weighted by atomic mass is 15.2. The first-order chi connectivity index (χ1) is 10.9. The number of hydrogen-bond donors (Lipinski definition) is 0. The first kappa shape index (κ1) is 15.7. The van der Waals surface area contributed by atoms with E-state index in [2.05, 4.69) is 87.5 Å². The van der Waals surface area contributed by atoms with E-state index in [-0.39, 0.29) is 0 Å². The second kappa shape index (κ2) is 5.77. The van der Waals surface area contributed by atoms with Crippen molar-refractivity contribution in [3.63, 3.8) is 0 Å². The predicted molar refractivity (Wildman–Crippen MR) is 98.1 cm³/mol. The van der Waals surface area contributed by atoms with Gasteiger partial charge in [0.1, 0.15) is 0 Å². The Morgan fingerprint density at radius 1 is 0.652 bits per heavy atom. The second-order valence-corrected chi connectivity index (χ2v) is 6.85. The lowest BCUT2D eigenvalue weighted by Crippen LogP contribution is -2.08. The van der Waals surface area contributed by atoms with Gasteiger partial charge in [0.2, 0.25) is 24.1 Å². The Hall–Kier alpha value is -2.22. The number of aryl methyl sites for hydroxylation is 6. The molecular formula is C21H26N2+2. The predicted octanol–water partition coefficient (Wildman–Crippen LogP) is 4.64. The van der Waals surface area contributed by atoms with Crippen LogP contribution in [-0.4, -0.2) is 28.2 Å². The molecule has 2 nitrogen and oxygen atoms in total. The van der Waals surface area contributed by atoms with Gasteiger partial charge in [0.25, 0.3) is 0 Å². The number of hydrogen-bond acceptors (Lipinski definition) is 0. The van der Waals surface area contributed by atoms with Gasteiger partial charge in [0, 0.05) is 22.3 Å². The van der Waals surface area contributed by atoms with E-state index in [0.717, 1.165) is 6.54 Å². The van der Waals surface area contributed by atoms with Crippen LogP contribution in [0.15, 0.2) is 24.3 Å². The molecule has 0 bridgehead atoms. The Morgan fingerprint density at radius 3 is 1.57 bits per heavy atom. The lowest BCUT2D eigenvalue weighted by Gasteiger charge is -2.05. The van der Waals surface area contributed by atoms with Crippen molar-refractivity contribution in [2.75, 3.05) is 6.54 Å². The molecule has 0 atom stereocenters. The normalized spacial score (nSPS) is 14.0. The summed E-state index contributed by atoms with van der Waals surface area (Å²) in [6.07, 6.45) is 4.50. The topological polar surface area (TPSA) is 6.02 Å². The van der Waals surface area contributed by atoms with Crippen LogP contribution in [-0.2, 0) is 0 Å². The molecule has 0 aliphatic carbocycles. The van der Waals surface area contributed by atoms with Gasteiger partial charge >= 0.3 is 6.34 Å². The zero-order valence-electron chi connectivity index (χ0n) is 15.1. The highest BCUT2D eigenvalue weighted by Gasteiger charge is 2.29. The molecule has 118 valence electrons. The molecule has 2 heteroatoms. The van der Waals surface area contributed by atoms with Crippen LogP contribution in [0.2, 0.25) is 0 Å². The van der Waals surface area contributed by atoms with Crippen molar-refractivity contribution >= 4 is 23.9 Å². The highest BCUT2D eigenvalue weighted by molar-refractivity contribution is 5.70. The van der Waals surface area contributed by atoms with Crippen LogP contribution in [0.25, 0.3) is 0 Å². The summed E-state index contributed by atoms with van der Waals surface area (Å²) in [4.78, 5) is 0. The van der Waals surface area contributed by atoms with Crippen molar-refractivity contribution in [2.24, 2.45) is 0 Å². The average Bonchev–Trinajstić information content (AvgIpc) is 2.85. The van der Waals surface area contributed by atoms with E-state index in [4.69, 9.17) is 0 Å². The molecule has 0 N–H and O–H groups in total. The molecule has 2 aromatic rings. The zero-order chi connectivity index (χ0) is 16.7. The minimum absolute atomic E-state index is 0.914. The summed E-state index contributed by atoms with van der Waals surface area (Å²) < 4.78 is 4.63. The van der Waals surface area contributed by atoms with Crippen LogP contribution in [0, 0.1) is 41.5 Å². The summed E-state index contributed by atoms with van der Waals surface area (Å²) in [5.74, 6) is 0. The summed E-state index contributed by atoms with van der Waals surface area (Å²) in [7, 11) is 0. The Bertz CT molecular complexity index is 808. The van der Waals surface area contributed by atoms with Gasteiger partial charge in [-0.25, -0.2) is 0 Å². The van der Waals surface area contributed by atoms with Crippen LogP contribution in [0.4, 0.5) is 11.4 Å². The monoisotopic (exact) mass is 306 g/mol. The number of benzene rings is 2.